The van der Waals surface area contributed by atoms with Gasteiger partial charge in [0.15, 0.2) is 0 Å². The first kappa shape index (κ1) is 14.9. The van der Waals surface area contributed by atoms with Crippen LogP contribution in [0, 0.1) is 5.41 Å². The van der Waals surface area contributed by atoms with Crippen LogP contribution in [0.4, 0.5) is 0 Å². The van der Waals surface area contributed by atoms with E-state index >= 15 is 0 Å². The fraction of sp³-hybridized carbons (Fsp3) is 1.00. The van der Waals surface area contributed by atoms with E-state index in [0.29, 0.717) is 13.0 Å². The average Bonchev–Trinajstić information content (AvgIpc) is 1.75. The number of hydrogen-bond donors (Lipinski definition) is 1. The summed E-state index contributed by atoms with van der Waals surface area (Å²) in [6.07, 6.45) is 1.70. The summed E-state index contributed by atoms with van der Waals surface area (Å²) < 4.78 is 5.82. The minimum atomic E-state index is -0.627. The van der Waals surface area contributed by atoms with Crippen molar-refractivity contribution in [2.45, 2.75) is 72.5 Å². The van der Waals surface area contributed by atoms with E-state index in [-0.39, 0.29) is 11.0 Å². The summed E-state index contributed by atoms with van der Waals surface area (Å²) in [4.78, 5) is 0. The average molecular weight is 216 g/mol. The summed E-state index contributed by atoms with van der Waals surface area (Å²) in [6, 6.07) is 0. The molecule has 0 spiro atoms. The van der Waals surface area contributed by atoms with Gasteiger partial charge in [-0.2, -0.15) is 0 Å². The van der Waals surface area contributed by atoms with Gasteiger partial charge in [-0.05, 0) is 46.0 Å². The van der Waals surface area contributed by atoms with Crippen LogP contribution in [-0.2, 0) is 4.74 Å². The molecule has 0 unspecified atom stereocenters. The van der Waals surface area contributed by atoms with Crippen LogP contribution in [0.1, 0.15) is 61.3 Å². The van der Waals surface area contributed by atoms with E-state index in [1.165, 1.54) is 0 Å². The van der Waals surface area contributed by atoms with Crippen molar-refractivity contribution in [3.8, 4) is 0 Å². The molecule has 92 valence electrons. The molecule has 0 radical (unpaired) electrons. The summed E-state index contributed by atoms with van der Waals surface area (Å²) in [5, 5.41) is 9.57. The van der Waals surface area contributed by atoms with Crippen molar-refractivity contribution in [2.24, 2.45) is 5.41 Å². The largest absolute Gasteiger partial charge is 0.390 e. The van der Waals surface area contributed by atoms with Crippen molar-refractivity contribution in [2.75, 3.05) is 6.61 Å². The van der Waals surface area contributed by atoms with Crippen LogP contribution in [0.15, 0.2) is 0 Å². The van der Waals surface area contributed by atoms with Gasteiger partial charge in [0.2, 0.25) is 0 Å². The van der Waals surface area contributed by atoms with Crippen LogP contribution in [0.2, 0.25) is 0 Å². The third kappa shape index (κ3) is 10.2. The van der Waals surface area contributed by atoms with E-state index in [0.717, 1.165) is 6.42 Å². The molecule has 0 rings (SSSR count). The molecule has 0 heterocycles. The topological polar surface area (TPSA) is 29.5 Å². The van der Waals surface area contributed by atoms with Crippen LogP contribution in [-0.4, -0.2) is 22.9 Å². The minimum absolute atomic E-state index is 0.108. The fourth-order valence-electron chi connectivity index (χ4n) is 1.91. The fourth-order valence-corrected chi connectivity index (χ4v) is 1.91. The monoisotopic (exact) mass is 216 g/mol. The summed E-state index contributed by atoms with van der Waals surface area (Å²) >= 11 is 0. The molecule has 0 aromatic rings. The maximum atomic E-state index is 9.57. The zero-order valence-electron chi connectivity index (χ0n) is 11.5. The summed E-state index contributed by atoms with van der Waals surface area (Å²) in [5.41, 5.74) is -0.459. The molecular formula is C13H28O2. The first-order valence-electron chi connectivity index (χ1n) is 5.78. The van der Waals surface area contributed by atoms with Crippen molar-refractivity contribution in [1.29, 1.82) is 0 Å². The van der Waals surface area contributed by atoms with Crippen molar-refractivity contribution in [3.05, 3.63) is 0 Å². The smallest absolute Gasteiger partial charge is 0.0631 e. The van der Waals surface area contributed by atoms with Gasteiger partial charge < -0.3 is 9.84 Å². The molecule has 0 fully saturated rings. The quantitative estimate of drug-likeness (QED) is 0.763. The molecule has 0 saturated heterocycles. The predicted molar refractivity (Wildman–Crippen MR) is 65.0 cm³/mol. The first-order valence-corrected chi connectivity index (χ1v) is 5.78. The van der Waals surface area contributed by atoms with Gasteiger partial charge in [-0.1, -0.05) is 20.8 Å². The highest BCUT2D eigenvalue weighted by Gasteiger charge is 2.26. The van der Waals surface area contributed by atoms with Crippen molar-refractivity contribution < 1.29 is 9.84 Å². The van der Waals surface area contributed by atoms with Crippen LogP contribution >= 0.6 is 0 Å². The molecule has 0 aromatic carbocycles. The lowest BCUT2D eigenvalue weighted by atomic mass is 9.83. The molecule has 0 aliphatic heterocycles. The van der Waals surface area contributed by atoms with Crippen LogP contribution in [0.3, 0.4) is 0 Å². The van der Waals surface area contributed by atoms with E-state index in [4.69, 9.17) is 4.74 Å². The van der Waals surface area contributed by atoms with Gasteiger partial charge in [-0.15, -0.1) is 0 Å². The van der Waals surface area contributed by atoms with E-state index in [9.17, 15) is 5.11 Å². The van der Waals surface area contributed by atoms with Crippen molar-refractivity contribution in [3.63, 3.8) is 0 Å². The Morgan fingerprint density at radius 1 is 0.933 bits per heavy atom. The lowest BCUT2D eigenvalue weighted by Gasteiger charge is -2.33. The van der Waals surface area contributed by atoms with Gasteiger partial charge in [0.05, 0.1) is 17.8 Å². The molecular weight excluding hydrogens is 188 g/mol. The van der Waals surface area contributed by atoms with Crippen LogP contribution in [0.25, 0.3) is 0 Å². The molecule has 0 amide bonds. The molecule has 1 N–H and O–H groups in total. The van der Waals surface area contributed by atoms with Gasteiger partial charge in [-0.25, -0.2) is 0 Å². The van der Waals surface area contributed by atoms with Gasteiger partial charge in [-0.3, -0.25) is 0 Å². The minimum Gasteiger partial charge on any atom is -0.390 e. The van der Waals surface area contributed by atoms with Crippen LogP contribution < -0.4 is 0 Å². The Morgan fingerprint density at radius 2 is 1.40 bits per heavy atom. The van der Waals surface area contributed by atoms with E-state index < -0.39 is 5.60 Å². The Bertz CT molecular complexity index is 182. The molecule has 2 nitrogen and oxygen atoms in total. The molecule has 0 atom stereocenters. The molecule has 0 saturated carbocycles. The molecule has 0 aromatic heterocycles. The standard InChI is InChI=1S/C13H28O2/c1-11(2,3)10-13(6,7)15-9-8-12(4,5)14/h14H,8-10H2,1-7H3. The highest BCUT2D eigenvalue weighted by atomic mass is 16.5. The Morgan fingerprint density at radius 3 is 1.73 bits per heavy atom. The zero-order chi connectivity index (χ0) is 12.3. The van der Waals surface area contributed by atoms with E-state index in [2.05, 4.69) is 34.6 Å². The lowest BCUT2D eigenvalue weighted by molar-refractivity contribution is -0.0640. The van der Waals surface area contributed by atoms with Crippen molar-refractivity contribution in [1.82, 2.24) is 0 Å². The van der Waals surface area contributed by atoms with E-state index in [1.54, 1.807) is 0 Å². The highest BCUT2D eigenvalue weighted by Crippen LogP contribution is 2.29. The Balaban J connectivity index is 3.95. The third-order valence-electron chi connectivity index (χ3n) is 2.16. The summed E-state index contributed by atoms with van der Waals surface area (Å²) in [7, 11) is 0. The Labute approximate surface area is 95.0 Å². The van der Waals surface area contributed by atoms with Gasteiger partial charge >= 0.3 is 0 Å². The van der Waals surface area contributed by atoms with Crippen molar-refractivity contribution >= 4 is 0 Å². The van der Waals surface area contributed by atoms with Gasteiger partial charge in [0, 0.05) is 0 Å². The maximum absolute atomic E-state index is 9.57. The van der Waals surface area contributed by atoms with E-state index in [1.807, 2.05) is 13.8 Å². The molecule has 2 heteroatoms. The maximum Gasteiger partial charge on any atom is 0.0631 e. The van der Waals surface area contributed by atoms with Gasteiger partial charge in [0.1, 0.15) is 0 Å². The predicted octanol–water partition coefficient (Wildman–Crippen LogP) is 3.38. The summed E-state index contributed by atoms with van der Waals surface area (Å²) in [6.45, 7) is 15.1. The Hall–Kier alpha value is -0.0800. The molecule has 0 aliphatic rings. The second kappa shape index (κ2) is 4.84. The number of rotatable bonds is 5. The first-order chi connectivity index (χ1) is 6.41. The SMILES string of the molecule is CC(C)(C)CC(C)(C)OCCC(C)(C)O. The number of hydrogen-bond acceptors (Lipinski definition) is 2. The molecule has 0 aliphatic carbocycles. The molecule has 0 bridgehead atoms. The second-order valence-electron chi connectivity index (χ2n) is 6.91. The lowest BCUT2D eigenvalue weighted by Crippen LogP contribution is -2.32. The Kier molecular flexibility index (Phi) is 4.81. The second-order valence-corrected chi connectivity index (χ2v) is 6.91. The molecule has 15 heavy (non-hydrogen) atoms. The highest BCUT2D eigenvalue weighted by molar-refractivity contribution is 4.77. The van der Waals surface area contributed by atoms with Gasteiger partial charge in [0.25, 0.3) is 0 Å². The zero-order valence-corrected chi connectivity index (χ0v) is 11.5. The normalized spacial score (nSPS) is 14.4. The third-order valence-corrected chi connectivity index (χ3v) is 2.16. The van der Waals surface area contributed by atoms with Crippen LogP contribution in [0.5, 0.6) is 0 Å². The number of ether oxygens (including phenoxy) is 1. The summed E-state index contributed by atoms with van der Waals surface area (Å²) in [5.74, 6) is 0. The number of aliphatic hydroxyl groups is 1.